The summed E-state index contributed by atoms with van der Waals surface area (Å²) in [6.45, 7) is 1.98. The van der Waals surface area contributed by atoms with Crippen molar-refractivity contribution >= 4 is 21.6 Å². The fraction of sp³-hybridized carbons (Fsp3) is 0.125. The normalized spacial score (nSPS) is 10.8. The maximum atomic E-state index is 5.76. The Bertz CT molecular complexity index is 783. The fourth-order valence-electron chi connectivity index (χ4n) is 2.19. The number of hydrogen-bond donors (Lipinski definition) is 1. The highest BCUT2D eigenvalue weighted by atomic mass is 79.9. The molecule has 0 amide bonds. The van der Waals surface area contributed by atoms with Gasteiger partial charge >= 0.3 is 0 Å². The van der Waals surface area contributed by atoms with Crippen LogP contribution in [0.5, 0.6) is 0 Å². The van der Waals surface area contributed by atoms with Gasteiger partial charge in [0.05, 0.1) is 0 Å². The van der Waals surface area contributed by atoms with Crippen molar-refractivity contribution in [2.24, 2.45) is 0 Å². The van der Waals surface area contributed by atoms with E-state index in [0.29, 0.717) is 18.1 Å². The van der Waals surface area contributed by atoms with Crippen molar-refractivity contribution in [1.82, 2.24) is 10.1 Å². The van der Waals surface area contributed by atoms with Crippen molar-refractivity contribution in [3.8, 4) is 11.5 Å². The zero-order chi connectivity index (χ0) is 14.8. The second-order valence-corrected chi connectivity index (χ2v) is 5.81. The third kappa shape index (κ3) is 3.13. The quantitative estimate of drug-likeness (QED) is 0.730. The smallest absolute Gasteiger partial charge is 0.258 e. The lowest BCUT2D eigenvalue weighted by atomic mass is 10.1. The number of anilines is 1. The molecule has 4 nitrogen and oxygen atoms in total. The first-order valence-electron chi connectivity index (χ1n) is 6.55. The lowest BCUT2D eigenvalue weighted by molar-refractivity contribution is 0.423. The number of aromatic nitrogens is 2. The standard InChI is InChI=1S/C16H14BrN3O/c1-10-7-13(18)5-6-14(10)16-19-15(20-21-16)9-11-3-2-4-12(17)8-11/h2-8H,9,18H2,1H3. The molecule has 0 saturated heterocycles. The van der Waals surface area contributed by atoms with Crippen LogP contribution in [0.15, 0.2) is 51.5 Å². The second-order valence-electron chi connectivity index (χ2n) is 4.90. The maximum Gasteiger partial charge on any atom is 0.258 e. The van der Waals surface area contributed by atoms with E-state index < -0.39 is 0 Å². The van der Waals surface area contributed by atoms with Gasteiger partial charge in [0, 0.05) is 22.1 Å². The third-order valence-corrected chi connectivity index (χ3v) is 3.69. The van der Waals surface area contributed by atoms with Crippen LogP contribution in [0.3, 0.4) is 0 Å². The van der Waals surface area contributed by atoms with Crippen LogP contribution >= 0.6 is 15.9 Å². The fourth-order valence-corrected chi connectivity index (χ4v) is 2.64. The predicted octanol–water partition coefficient (Wildman–Crippen LogP) is 3.98. The van der Waals surface area contributed by atoms with Gasteiger partial charge in [-0.1, -0.05) is 33.2 Å². The van der Waals surface area contributed by atoms with E-state index in [1.54, 1.807) is 0 Å². The molecule has 0 aliphatic carbocycles. The summed E-state index contributed by atoms with van der Waals surface area (Å²) in [5, 5.41) is 4.05. The van der Waals surface area contributed by atoms with Crippen molar-refractivity contribution in [3.05, 3.63) is 63.9 Å². The van der Waals surface area contributed by atoms with E-state index in [-0.39, 0.29) is 0 Å². The minimum absolute atomic E-state index is 0.525. The summed E-state index contributed by atoms with van der Waals surface area (Å²) in [7, 11) is 0. The largest absolute Gasteiger partial charge is 0.399 e. The Kier molecular flexibility index (Phi) is 3.75. The van der Waals surface area contributed by atoms with Gasteiger partial charge in [0.25, 0.3) is 5.89 Å². The number of benzene rings is 2. The molecule has 3 rings (SSSR count). The molecule has 0 spiro atoms. The Morgan fingerprint density at radius 2 is 2.05 bits per heavy atom. The molecule has 0 atom stereocenters. The SMILES string of the molecule is Cc1cc(N)ccc1-c1nc(Cc2cccc(Br)c2)no1. The van der Waals surface area contributed by atoms with Crippen LogP contribution in [0.2, 0.25) is 0 Å². The summed E-state index contributed by atoms with van der Waals surface area (Å²) in [5.74, 6) is 1.19. The number of hydrogen-bond acceptors (Lipinski definition) is 4. The molecule has 106 valence electrons. The van der Waals surface area contributed by atoms with Gasteiger partial charge < -0.3 is 10.3 Å². The van der Waals surface area contributed by atoms with Gasteiger partial charge in [-0.05, 0) is 48.4 Å². The van der Waals surface area contributed by atoms with Crippen molar-refractivity contribution in [1.29, 1.82) is 0 Å². The molecule has 21 heavy (non-hydrogen) atoms. The van der Waals surface area contributed by atoms with Crippen LogP contribution in [0.4, 0.5) is 5.69 Å². The first-order chi connectivity index (χ1) is 10.1. The van der Waals surface area contributed by atoms with Crippen molar-refractivity contribution in [2.45, 2.75) is 13.3 Å². The Labute approximate surface area is 131 Å². The van der Waals surface area contributed by atoms with Gasteiger partial charge in [0.1, 0.15) is 0 Å². The number of halogens is 1. The van der Waals surface area contributed by atoms with Crippen molar-refractivity contribution in [3.63, 3.8) is 0 Å². The molecular formula is C16H14BrN3O. The first-order valence-corrected chi connectivity index (χ1v) is 7.34. The molecule has 1 aromatic heterocycles. The number of nitrogens with zero attached hydrogens (tertiary/aromatic N) is 2. The van der Waals surface area contributed by atoms with E-state index in [9.17, 15) is 0 Å². The van der Waals surface area contributed by atoms with Crippen molar-refractivity contribution < 1.29 is 4.52 Å². The molecule has 2 N–H and O–H groups in total. The second kappa shape index (κ2) is 5.69. The Morgan fingerprint density at radius 3 is 2.81 bits per heavy atom. The molecule has 1 heterocycles. The van der Waals surface area contributed by atoms with E-state index in [1.165, 1.54) is 0 Å². The van der Waals surface area contributed by atoms with Crippen LogP contribution in [-0.2, 0) is 6.42 Å². The summed E-state index contributed by atoms with van der Waals surface area (Å²) < 4.78 is 6.40. The highest BCUT2D eigenvalue weighted by Crippen LogP contribution is 2.24. The van der Waals surface area contributed by atoms with Crippen molar-refractivity contribution in [2.75, 3.05) is 5.73 Å². The molecule has 2 aromatic carbocycles. The Morgan fingerprint density at radius 1 is 1.19 bits per heavy atom. The van der Waals surface area contributed by atoms with Gasteiger partial charge in [-0.15, -0.1) is 0 Å². The molecule has 3 aromatic rings. The van der Waals surface area contributed by atoms with Gasteiger partial charge in [0.2, 0.25) is 0 Å². The van der Waals surface area contributed by atoms with Crippen LogP contribution in [-0.4, -0.2) is 10.1 Å². The molecule has 0 aliphatic rings. The van der Waals surface area contributed by atoms with Gasteiger partial charge in [0.15, 0.2) is 5.82 Å². The van der Waals surface area contributed by atoms with E-state index >= 15 is 0 Å². The zero-order valence-electron chi connectivity index (χ0n) is 11.5. The zero-order valence-corrected chi connectivity index (χ0v) is 13.1. The van der Waals surface area contributed by atoms with Crippen LogP contribution in [0.25, 0.3) is 11.5 Å². The molecule has 0 radical (unpaired) electrons. The topological polar surface area (TPSA) is 64.9 Å². The summed E-state index contributed by atoms with van der Waals surface area (Å²) in [5.41, 5.74) is 9.55. The highest BCUT2D eigenvalue weighted by molar-refractivity contribution is 9.10. The first kappa shape index (κ1) is 13.8. The number of nitrogens with two attached hydrogens (primary N) is 1. The van der Waals surface area contributed by atoms with E-state index in [1.807, 2.05) is 49.4 Å². The molecule has 0 aliphatic heterocycles. The number of rotatable bonds is 3. The van der Waals surface area contributed by atoms with Crippen LogP contribution in [0.1, 0.15) is 17.0 Å². The summed E-state index contributed by atoms with van der Waals surface area (Å²) in [4.78, 5) is 4.46. The molecular weight excluding hydrogens is 330 g/mol. The predicted molar refractivity (Wildman–Crippen MR) is 85.8 cm³/mol. The molecule has 0 fully saturated rings. The lowest BCUT2D eigenvalue weighted by Gasteiger charge is -2.01. The van der Waals surface area contributed by atoms with Crippen LogP contribution in [0, 0.1) is 6.92 Å². The highest BCUT2D eigenvalue weighted by Gasteiger charge is 2.11. The minimum atomic E-state index is 0.525. The summed E-state index contributed by atoms with van der Waals surface area (Å²) in [6.07, 6.45) is 0.636. The van der Waals surface area contributed by atoms with E-state index in [2.05, 4.69) is 26.1 Å². The Hall–Kier alpha value is -2.14. The average molecular weight is 344 g/mol. The molecule has 0 saturated carbocycles. The minimum Gasteiger partial charge on any atom is -0.399 e. The maximum absolute atomic E-state index is 5.76. The molecule has 0 unspecified atom stereocenters. The third-order valence-electron chi connectivity index (χ3n) is 3.20. The van der Waals surface area contributed by atoms with E-state index in [0.717, 1.165) is 26.9 Å². The van der Waals surface area contributed by atoms with Gasteiger partial charge in [-0.3, -0.25) is 0 Å². The number of nitrogen functional groups attached to an aromatic ring is 1. The van der Waals surface area contributed by atoms with Gasteiger partial charge in [-0.25, -0.2) is 0 Å². The van der Waals surface area contributed by atoms with Crippen LogP contribution < -0.4 is 5.73 Å². The Balaban J connectivity index is 1.86. The lowest BCUT2D eigenvalue weighted by Crippen LogP contribution is -1.91. The summed E-state index contributed by atoms with van der Waals surface area (Å²) in [6, 6.07) is 13.7. The van der Waals surface area contributed by atoms with Gasteiger partial charge in [-0.2, -0.15) is 4.98 Å². The van der Waals surface area contributed by atoms with E-state index in [4.69, 9.17) is 10.3 Å². The molecule has 5 heteroatoms. The average Bonchev–Trinajstić information content (AvgIpc) is 2.87. The number of aryl methyl sites for hydroxylation is 1. The summed E-state index contributed by atoms with van der Waals surface area (Å²) >= 11 is 3.46. The monoisotopic (exact) mass is 343 g/mol. The molecule has 0 bridgehead atoms.